The summed E-state index contributed by atoms with van der Waals surface area (Å²) in [5, 5.41) is 6.29. The number of hydrogen-bond acceptors (Lipinski definition) is 3. The van der Waals surface area contributed by atoms with Gasteiger partial charge in [0, 0.05) is 18.7 Å². The normalized spacial score (nSPS) is 18.7. The molecule has 8 heteroatoms. The van der Waals surface area contributed by atoms with E-state index < -0.39 is 5.54 Å². The molecule has 1 aliphatic carbocycles. The van der Waals surface area contributed by atoms with E-state index in [1.165, 1.54) is 11.0 Å². The molecule has 1 saturated carbocycles. The SMILES string of the molecule is O=C(NCCCN1C(=O)NC2(CCCC2)C1=O)c1ccc(Cl)c(Cl)c1. The molecular weight excluding hydrogens is 365 g/mol. The zero-order chi connectivity index (χ0) is 18.0. The van der Waals surface area contributed by atoms with Crippen molar-refractivity contribution in [3.8, 4) is 0 Å². The molecule has 1 heterocycles. The summed E-state index contributed by atoms with van der Waals surface area (Å²) in [5.41, 5.74) is -0.269. The molecule has 0 aromatic heterocycles. The van der Waals surface area contributed by atoms with Gasteiger partial charge in [0.25, 0.3) is 11.8 Å². The van der Waals surface area contributed by atoms with Crippen molar-refractivity contribution in [2.75, 3.05) is 13.1 Å². The first-order valence-electron chi connectivity index (χ1n) is 8.30. The third-order valence-corrected chi connectivity index (χ3v) is 5.47. The molecule has 0 radical (unpaired) electrons. The van der Waals surface area contributed by atoms with Gasteiger partial charge in [-0.25, -0.2) is 4.79 Å². The van der Waals surface area contributed by atoms with E-state index in [4.69, 9.17) is 23.2 Å². The lowest BCUT2D eigenvalue weighted by Gasteiger charge is -2.20. The van der Waals surface area contributed by atoms with Gasteiger partial charge in [-0.2, -0.15) is 0 Å². The minimum atomic E-state index is -0.680. The number of imide groups is 1. The first kappa shape index (κ1) is 18.0. The molecule has 25 heavy (non-hydrogen) atoms. The van der Waals surface area contributed by atoms with Gasteiger partial charge in [-0.15, -0.1) is 0 Å². The van der Waals surface area contributed by atoms with Crippen molar-refractivity contribution in [1.29, 1.82) is 0 Å². The van der Waals surface area contributed by atoms with Crippen LogP contribution in [0.25, 0.3) is 0 Å². The van der Waals surface area contributed by atoms with Crippen molar-refractivity contribution < 1.29 is 14.4 Å². The first-order valence-corrected chi connectivity index (χ1v) is 9.06. The number of nitrogens with zero attached hydrogens (tertiary/aromatic N) is 1. The quantitative estimate of drug-likeness (QED) is 0.605. The summed E-state index contributed by atoms with van der Waals surface area (Å²) in [5.74, 6) is -0.408. The summed E-state index contributed by atoms with van der Waals surface area (Å²) < 4.78 is 0. The third-order valence-electron chi connectivity index (χ3n) is 4.73. The van der Waals surface area contributed by atoms with Crippen LogP contribution in [0.1, 0.15) is 42.5 Å². The molecule has 2 N–H and O–H groups in total. The Labute approximate surface area is 155 Å². The van der Waals surface area contributed by atoms with Gasteiger partial charge in [0.1, 0.15) is 5.54 Å². The molecule has 0 bridgehead atoms. The maximum Gasteiger partial charge on any atom is 0.325 e. The third kappa shape index (κ3) is 3.60. The van der Waals surface area contributed by atoms with Gasteiger partial charge in [0.15, 0.2) is 0 Å². The number of carbonyl (C=O) groups is 3. The highest BCUT2D eigenvalue weighted by molar-refractivity contribution is 6.42. The molecule has 134 valence electrons. The molecular formula is C17H19Cl2N3O3. The Kier molecular flexibility index (Phi) is 5.20. The highest BCUT2D eigenvalue weighted by Crippen LogP contribution is 2.35. The molecule has 1 aliphatic heterocycles. The van der Waals surface area contributed by atoms with Crippen molar-refractivity contribution in [1.82, 2.24) is 15.5 Å². The molecule has 4 amide bonds. The summed E-state index contributed by atoms with van der Waals surface area (Å²) >= 11 is 11.7. The average molecular weight is 384 g/mol. The van der Waals surface area contributed by atoms with Gasteiger partial charge in [0.05, 0.1) is 10.0 Å². The second kappa shape index (κ2) is 7.22. The van der Waals surface area contributed by atoms with Crippen LogP contribution >= 0.6 is 23.2 Å². The average Bonchev–Trinajstić information content (AvgIpc) is 3.14. The second-order valence-electron chi connectivity index (χ2n) is 6.41. The van der Waals surface area contributed by atoms with Crippen molar-refractivity contribution in [2.45, 2.75) is 37.6 Å². The van der Waals surface area contributed by atoms with Gasteiger partial charge in [-0.05, 0) is 37.5 Å². The van der Waals surface area contributed by atoms with E-state index in [1.807, 2.05) is 0 Å². The zero-order valence-corrected chi connectivity index (χ0v) is 15.1. The van der Waals surface area contributed by atoms with E-state index in [0.29, 0.717) is 41.4 Å². The van der Waals surface area contributed by atoms with Crippen LogP contribution in [0.15, 0.2) is 18.2 Å². The van der Waals surface area contributed by atoms with Gasteiger partial charge >= 0.3 is 6.03 Å². The van der Waals surface area contributed by atoms with Crippen LogP contribution in [0.4, 0.5) is 4.79 Å². The zero-order valence-electron chi connectivity index (χ0n) is 13.6. The largest absolute Gasteiger partial charge is 0.352 e. The van der Waals surface area contributed by atoms with E-state index in [2.05, 4.69) is 10.6 Å². The van der Waals surface area contributed by atoms with Crippen LogP contribution in [0.5, 0.6) is 0 Å². The van der Waals surface area contributed by atoms with Crippen LogP contribution in [0, 0.1) is 0 Å². The number of benzene rings is 1. The number of nitrogens with one attached hydrogen (secondary N) is 2. The van der Waals surface area contributed by atoms with Crippen LogP contribution in [0.3, 0.4) is 0 Å². The number of urea groups is 1. The molecule has 2 fully saturated rings. The van der Waals surface area contributed by atoms with Gasteiger partial charge in [-0.1, -0.05) is 36.0 Å². The fourth-order valence-electron chi connectivity index (χ4n) is 3.38. The van der Waals surface area contributed by atoms with E-state index in [9.17, 15) is 14.4 Å². The number of rotatable bonds is 5. The Bertz CT molecular complexity index is 717. The maximum absolute atomic E-state index is 12.5. The fraction of sp³-hybridized carbons (Fsp3) is 0.471. The molecule has 2 aliphatic rings. The van der Waals surface area contributed by atoms with E-state index in [0.717, 1.165) is 12.8 Å². The number of halogens is 2. The smallest absolute Gasteiger partial charge is 0.325 e. The Hall–Kier alpha value is -1.79. The minimum absolute atomic E-state index is 0.134. The van der Waals surface area contributed by atoms with Crippen LogP contribution < -0.4 is 10.6 Å². The molecule has 1 spiro atoms. The van der Waals surface area contributed by atoms with Crippen molar-refractivity contribution in [3.63, 3.8) is 0 Å². The van der Waals surface area contributed by atoms with Crippen molar-refractivity contribution in [3.05, 3.63) is 33.8 Å². The summed E-state index contributed by atoms with van der Waals surface area (Å²) in [6.45, 7) is 0.636. The van der Waals surface area contributed by atoms with Crippen LogP contribution in [-0.2, 0) is 4.79 Å². The molecule has 0 atom stereocenters. The van der Waals surface area contributed by atoms with Gasteiger partial charge in [0.2, 0.25) is 0 Å². The Balaban J connectivity index is 1.48. The highest BCUT2D eigenvalue weighted by Gasteiger charge is 2.51. The van der Waals surface area contributed by atoms with E-state index in [1.54, 1.807) is 12.1 Å². The van der Waals surface area contributed by atoms with Crippen molar-refractivity contribution in [2.24, 2.45) is 0 Å². The minimum Gasteiger partial charge on any atom is -0.352 e. The highest BCUT2D eigenvalue weighted by atomic mass is 35.5. The molecule has 6 nitrogen and oxygen atoms in total. The molecule has 3 rings (SSSR count). The first-order chi connectivity index (χ1) is 11.9. The Morgan fingerprint density at radius 3 is 2.60 bits per heavy atom. The van der Waals surface area contributed by atoms with E-state index in [-0.39, 0.29) is 24.4 Å². The number of amides is 4. The van der Waals surface area contributed by atoms with Gasteiger partial charge in [-0.3, -0.25) is 14.5 Å². The Morgan fingerprint density at radius 1 is 1.20 bits per heavy atom. The summed E-state index contributed by atoms with van der Waals surface area (Å²) in [7, 11) is 0. The Morgan fingerprint density at radius 2 is 1.92 bits per heavy atom. The maximum atomic E-state index is 12.5. The molecule has 1 saturated heterocycles. The monoisotopic (exact) mass is 383 g/mol. The lowest BCUT2D eigenvalue weighted by molar-refractivity contribution is -0.131. The lowest BCUT2D eigenvalue weighted by atomic mass is 9.98. The number of hydrogen-bond donors (Lipinski definition) is 2. The predicted octanol–water partition coefficient (Wildman–Crippen LogP) is 2.98. The lowest BCUT2D eigenvalue weighted by Crippen LogP contribution is -2.44. The van der Waals surface area contributed by atoms with Crippen LogP contribution in [-0.4, -0.2) is 41.4 Å². The van der Waals surface area contributed by atoms with Gasteiger partial charge < -0.3 is 10.6 Å². The topological polar surface area (TPSA) is 78.5 Å². The fourth-order valence-corrected chi connectivity index (χ4v) is 3.67. The molecule has 1 aromatic carbocycles. The second-order valence-corrected chi connectivity index (χ2v) is 7.23. The van der Waals surface area contributed by atoms with Crippen molar-refractivity contribution >= 4 is 41.0 Å². The molecule has 1 aromatic rings. The summed E-state index contributed by atoms with van der Waals surface area (Å²) in [6.07, 6.45) is 3.83. The van der Waals surface area contributed by atoms with Crippen LogP contribution in [0.2, 0.25) is 10.0 Å². The summed E-state index contributed by atoms with van der Waals surface area (Å²) in [4.78, 5) is 37.9. The number of carbonyl (C=O) groups excluding carboxylic acids is 3. The summed E-state index contributed by atoms with van der Waals surface area (Å²) in [6, 6.07) is 4.32. The molecule has 0 unspecified atom stereocenters. The standard InChI is InChI=1S/C17H19Cl2N3O3/c18-12-5-4-11(10-13(12)19)14(23)20-8-3-9-22-15(24)17(21-16(22)25)6-1-2-7-17/h4-5,10H,1-3,6-9H2,(H,20,23)(H,21,25). The van der Waals surface area contributed by atoms with E-state index >= 15 is 0 Å². The predicted molar refractivity (Wildman–Crippen MR) is 94.9 cm³/mol.